The first-order valence-electron chi connectivity index (χ1n) is 5.19. The van der Waals surface area contributed by atoms with Crippen LogP contribution in [0.2, 0.25) is 0 Å². The van der Waals surface area contributed by atoms with Gasteiger partial charge in [-0.05, 0) is 17.7 Å². The molecule has 0 radical (unpaired) electrons. The summed E-state index contributed by atoms with van der Waals surface area (Å²) in [6, 6.07) is 7.12. The van der Waals surface area contributed by atoms with E-state index in [4.69, 9.17) is 0 Å². The van der Waals surface area contributed by atoms with Crippen LogP contribution in [0.4, 0.5) is 11.6 Å². The van der Waals surface area contributed by atoms with Crippen LogP contribution in [0.25, 0.3) is 0 Å². The number of nitrogens with zero attached hydrogens (tertiary/aromatic N) is 3. The van der Waals surface area contributed by atoms with Gasteiger partial charge in [-0.15, -0.1) is 0 Å². The summed E-state index contributed by atoms with van der Waals surface area (Å²) in [6.45, 7) is 0. The Labute approximate surface area is 105 Å². The lowest BCUT2D eigenvalue weighted by atomic mass is 10.2. The second kappa shape index (κ2) is 5.09. The summed E-state index contributed by atoms with van der Waals surface area (Å²) < 4.78 is 22.4. The fourth-order valence-corrected chi connectivity index (χ4v) is 2.26. The predicted octanol–water partition coefficient (Wildman–Crippen LogP) is 1.16. The normalized spacial score (nSPS) is 11.2. The van der Waals surface area contributed by atoms with E-state index in [-0.39, 0.29) is 5.75 Å². The zero-order valence-electron chi connectivity index (χ0n) is 9.74. The van der Waals surface area contributed by atoms with E-state index in [0.29, 0.717) is 5.95 Å². The first-order chi connectivity index (χ1) is 8.53. The Morgan fingerprint density at radius 2 is 1.94 bits per heavy atom. The summed E-state index contributed by atoms with van der Waals surface area (Å²) in [5.41, 5.74) is 1.46. The molecule has 0 aliphatic rings. The van der Waals surface area contributed by atoms with Gasteiger partial charge >= 0.3 is 0 Å². The second-order valence-corrected chi connectivity index (χ2v) is 6.00. The number of hydrogen-bond acceptors (Lipinski definition) is 6. The lowest BCUT2D eigenvalue weighted by Gasteiger charge is -2.06. The van der Waals surface area contributed by atoms with Gasteiger partial charge in [0.1, 0.15) is 12.7 Å². The molecule has 0 bridgehead atoms. The van der Waals surface area contributed by atoms with E-state index in [0.717, 1.165) is 11.3 Å². The fourth-order valence-electron chi connectivity index (χ4n) is 1.47. The smallest absolute Gasteiger partial charge is 0.230 e. The number of benzene rings is 1. The van der Waals surface area contributed by atoms with Crippen molar-refractivity contribution in [1.29, 1.82) is 0 Å². The molecular formula is C11H12N4O2S. The van der Waals surface area contributed by atoms with E-state index in [2.05, 4.69) is 20.3 Å². The molecule has 7 heteroatoms. The van der Waals surface area contributed by atoms with Crippen molar-refractivity contribution in [2.45, 2.75) is 5.75 Å². The second-order valence-electron chi connectivity index (χ2n) is 3.86. The molecule has 6 nitrogen and oxygen atoms in total. The summed E-state index contributed by atoms with van der Waals surface area (Å²) >= 11 is 0. The van der Waals surface area contributed by atoms with E-state index >= 15 is 0 Å². The van der Waals surface area contributed by atoms with E-state index in [1.165, 1.54) is 18.9 Å². The van der Waals surface area contributed by atoms with Crippen molar-refractivity contribution in [2.75, 3.05) is 11.6 Å². The maximum atomic E-state index is 11.2. The topological polar surface area (TPSA) is 84.8 Å². The van der Waals surface area contributed by atoms with Crippen LogP contribution in [0.3, 0.4) is 0 Å². The predicted molar refractivity (Wildman–Crippen MR) is 68.1 cm³/mol. The molecule has 0 atom stereocenters. The Bertz CT molecular complexity index is 629. The van der Waals surface area contributed by atoms with Gasteiger partial charge in [0.05, 0.1) is 5.75 Å². The molecular weight excluding hydrogens is 252 g/mol. The van der Waals surface area contributed by atoms with Crippen molar-refractivity contribution in [2.24, 2.45) is 0 Å². The largest absolute Gasteiger partial charge is 0.324 e. The lowest BCUT2D eigenvalue weighted by molar-refractivity contribution is 0.601. The van der Waals surface area contributed by atoms with Gasteiger partial charge in [0.2, 0.25) is 5.95 Å². The first kappa shape index (κ1) is 12.4. The molecule has 0 saturated heterocycles. The number of rotatable bonds is 4. The number of aromatic nitrogens is 3. The summed E-state index contributed by atoms with van der Waals surface area (Å²) in [5, 5.41) is 2.97. The van der Waals surface area contributed by atoms with E-state index < -0.39 is 9.84 Å². The van der Waals surface area contributed by atoms with Gasteiger partial charge in [-0.25, -0.2) is 23.4 Å². The van der Waals surface area contributed by atoms with E-state index in [9.17, 15) is 8.42 Å². The average Bonchev–Trinajstić information content (AvgIpc) is 2.28. The molecule has 1 aromatic heterocycles. The van der Waals surface area contributed by atoms with Crippen LogP contribution in [-0.4, -0.2) is 29.6 Å². The molecule has 0 spiro atoms. The van der Waals surface area contributed by atoms with Gasteiger partial charge in [-0.1, -0.05) is 12.1 Å². The van der Waals surface area contributed by atoms with Crippen LogP contribution in [0.1, 0.15) is 5.56 Å². The molecule has 0 fully saturated rings. The van der Waals surface area contributed by atoms with Crippen LogP contribution in [0, 0.1) is 0 Å². The average molecular weight is 264 g/mol. The molecule has 1 heterocycles. The maximum absolute atomic E-state index is 11.2. The van der Waals surface area contributed by atoms with Crippen molar-refractivity contribution < 1.29 is 8.42 Å². The number of hydrogen-bond donors (Lipinski definition) is 1. The van der Waals surface area contributed by atoms with Crippen molar-refractivity contribution >= 4 is 21.5 Å². The van der Waals surface area contributed by atoms with Crippen LogP contribution >= 0.6 is 0 Å². The van der Waals surface area contributed by atoms with Gasteiger partial charge in [-0.3, -0.25) is 0 Å². The minimum Gasteiger partial charge on any atom is -0.324 e. The maximum Gasteiger partial charge on any atom is 0.230 e. The van der Waals surface area contributed by atoms with E-state index in [1.54, 1.807) is 18.2 Å². The third kappa shape index (κ3) is 3.77. The molecule has 0 unspecified atom stereocenters. The first-order valence-corrected chi connectivity index (χ1v) is 7.25. The van der Waals surface area contributed by atoms with Crippen molar-refractivity contribution in [3.05, 3.63) is 42.5 Å². The molecule has 0 saturated carbocycles. The number of anilines is 2. The highest BCUT2D eigenvalue weighted by Gasteiger charge is 2.05. The Hall–Kier alpha value is -2.02. The van der Waals surface area contributed by atoms with Crippen molar-refractivity contribution in [1.82, 2.24) is 15.0 Å². The quantitative estimate of drug-likeness (QED) is 0.892. The van der Waals surface area contributed by atoms with Crippen molar-refractivity contribution in [3.8, 4) is 0 Å². The van der Waals surface area contributed by atoms with Crippen LogP contribution in [0.5, 0.6) is 0 Å². The van der Waals surface area contributed by atoms with Gasteiger partial charge in [0.15, 0.2) is 9.84 Å². The number of sulfone groups is 1. The van der Waals surface area contributed by atoms with Gasteiger partial charge in [0, 0.05) is 11.9 Å². The van der Waals surface area contributed by atoms with E-state index in [1.807, 2.05) is 6.07 Å². The molecule has 1 N–H and O–H groups in total. The van der Waals surface area contributed by atoms with Gasteiger partial charge in [-0.2, -0.15) is 0 Å². The molecule has 94 valence electrons. The van der Waals surface area contributed by atoms with Crippen LogP contribution in [-0.2, 0) is 15.6 Å². The third-order valence-electron chi connectivity index (χ3n) is 2.11. The highest BCUT2D eigenvalue weighted by atomic mass is 32.2. The highest BCUT2D eigenvalue weighted by molar-refractivity contribution is 7.89. The molecule has 1 aromatic carbocycles. The minimum absolute atomic E-state index is 0.0136. The van der Waals surface area contributed by atoms with Gasteiger partial charge in [0.25, 0.3) is 0 Å². The third-order valence-corrected chi connectivity index (χ3v) is 2.96. The van der Waals surface area contributed by atoms with Crippen LogP contribution in [0.15, 0.2) is 36.9 Å². The molecule has 0 aliphatic heterocycles. The standard InChI is InChI=1S/C11H12N4O2S/c1-18(16,17)6-9-3-2-4-10(5-9)15-11-13-7-12-8-14-11/h2-5,7-8H,6H2,1H3,(H,12,13,14,15). The minimum atomic E-state index is -3.04. The monoisotopic (exact) mass is 264 g/mol. The summed E-state index contributed by atoms with van der Waals surface area (Å²) in [7, 11) is -3.04. The van der Waals surface area contributed by atoms with Gasteiger partial charge < -0.3 is 5.32 Å². The fraction of sp³-hybridized carbons (Fsp3) is 0.182. The highest BCUT2D eigenvalue weighted by Crippen LogP contribution is 2.15. The zero-order chi connectivity index (χ0) is 13.0. The number of nitrogens with one attached hydrogen (secondary N) is 1. The SMILES string of the molecule is CS(=O)(=O)Cc1cccc(Nc2ncncn2)c1. The Kier molecular flexibility index (Phi) is 3.52. The summed E-state index contributed by atoms with van der Waals surface area (Å²) in [4.78, 5) is 11.6. The molecule has 18 heavy (non-hydrogen) atoms. The van der Waals surface area contributed by atoms with Crippen LogP contribution < -0.4 is 5.32 Å². The molecule has 2 aromatic rings. The molecule has 0 aliphatic carbocycles. The summed E-state index contributed by atoms with van der Waals surface area (Å²) in [6.07, 6.45) is 3.98. The Balaban J connectivity index is 2.18. The Morgan fingerprint density at radius 1 is 1.22 bits per heavy atom. The molecule has 2 rings (SSSR count). The summed E-state index contributed by atoms with van der Waals surface area (Å²) in [5.74, 6) is 0.432. The zero-order valence-corrected chi connectivity index (χ0v) is 10.6. The Morgan fingerprint density at radius 3 is 2.61 bits per heavy atom. The lowest BCUT2D eigenvalue weighted by Crippen LogP contribution is -2.02. The molecule has 0 amide bonds. The van der Waals surface area contributed by atoms with Crippen molar-refractivity contribution in [3.63, 3.8) is 0 Å².